The second-order valence-corrected chi connectivity index (χ2v) is 6.10. The number of amides is 1. The number of carbonyl (C=O) groups excluding carboxylic acids is 1. The van der Waals surface area contributed by atoms with Crippen LogP contribution in [0.1, 0.15) is 26.3 Å². The van der Waals surface area contributed by atoms with E-state index >= 15 is 0 Å². The fourth-order valence-electron chi connectivity index (χ4n) is 1.94. The average Bonchev–Trinajstić information content (AvgIpc) is 2.77. The van der Waals surface area contributed by atoms with Crippen molar-refractivity contribution in [1.82, 2.24) is 10.3 Å². The summed E-state index contributed by atoms with van der Waals surface area (Å²) >= 11 is 6.20. The van der Waals surface area contributed by atoms with Crippen molar-refractivity contribution in [2.45, 2.75) is 26.4 Å². The molecule has 0 aliphatic carbocycles. The Morgan fingerprint density at radius 1 is 1.43 bits per heavy atom. The standard InChI is InChI=1S/C16H19ClN2O2/c1-16(2,3)21-15(20)18-9-5-6-11-10-19-13-8-4-7-12(17)14(11)13/h4-8,10,19H,9H2,1-3H3,(H,18,20). The molecule has 0 aliphatic heterocycles. The molecule has 0 saturated heterocycles. The van der Waals surface area contributed by atoms with E-state index in [2.05, 4.69) is 10.3 Å². The Morgan fingerprint density at radius 3 is 2.90 bits per heavy atom. The van der Waals surface area contributed by atoms with Crippen molar-refractivity contribution >= 4 is 34.7 Å². The van der Waals surface area contributed by atoms with Gasteiger partial charge in [0.2, 0.25) is 0 Å². The molecule has 2 rings (SSSR count). The summed E-state index contributed by atoms with van der Waals surface area (Å²) in [5, 5.41) is 4.35. The summed E-state index contributed by atoms with van der Waals surface area (Å²) in [6, 6.07) is 5.73. The molecule has 0 unspecified atom stereocenters. The number of alkyl carbamates (subject to hydrolysis) is 1. The minimum atomic E-state index is -0.488. The van der Waals surface area contributed by atoms with E-state index in [4.69, 9.17) is 16.3 Å². The van der Waals surface area contributed by atoms with Gasteiger partial charge in [-0.05, 0) is 32.9 Å². The second-order valence-electron chi connectivity index (χ2n) is 5.69. The highest BCUT2D eigenvalue weighted by Crippen LogP contribution is 2.27. The maximum atomic E-state index is 11.5. The number of hydrogen-bond acceptors (Lipinski definition) is 2. The normalized spacial score (nSPS) is 12.0. The van der Waals surface area contributed by atoms with Gasteiger partial charge in [-0.2, -0.15) is 0 Å². The number of halogens is 1. The fourth-order valence-corrected chi connectivity index (χ4v) is 2.22. The number of aromatic nitrogens is 1. The van der Waals surface area contributed by atoms with E-state index < -0.39 is 11.7 Å². The predicted octanol–water partition coefficient (Wildman–Crippen LogP) is 4.36. The summed E-state index contributed by atoms with van der Waals surface area (Å²) in [7, 11) is 0. The van der Waals surface area contributed by atoms with Crippen LogP contribution in [0, 0.1) is 0 Å². The van der Waals surface area contributed by atoms with Gasteiger partial charge in [-0.3, -0.25) is 0 Å². The van der Waals surface area contributed by atoms with E-state index in [0.717, 1.165) is 16.5 Å². The Bertz CT molecular complexity index is 668. The van der Waals surface area contributed by atoms with Crippen LogP contribution in [-0.4, -0.2) is 23.2 Å². The van der Waals surface area contributed by atoms with Gasteiger partial charge < -0.3 is 15.0 Å². The number of benzene rings is 1. The molecule has 0 saturated carbocycles. The maximum absolute atomic E-state index is 11.5. The zero-order chi connectivity index (χ0) is 15.5. The lowest BCUT2D eigenvalue weighted by Crippen LogP contribution is -2.32. The topological polar surface area (TPSA) is 54.1 Å². The molecule has 0 atom stereocenters. The zero-order valence-corrected chi connectivity index (χ0v) is 13.1. The minimum absolute atomic E-state index is 0.395. The van der Waals surface area contributed by atoms with Crippen molar-refractivity contribution in [2.75, 3.05) is 6.54 Å². The lowest BCUT2D eigenvalue weighted by Gasteiger charge is -2.19. The lowest BCUT2D eigenvalue weighted by molar-refractivity contribution is 0.0534. The maximum Gasteiger partial charge on any atom is 0.407 e. The monoisotopic (exact) mass is 306 g/mol. The van der Waals surface area contributed by atoms with Crippen LogP contribution in [0.3, 0.4) is 0 Å². The van der Waals surface area contributed by atoms with Crippen LogP contribution >= 0.6 is 11.6 Å². The predicted molar refractivity (Wildman–Crippen MR) is 86.6 cm³/mol. The molecule has 5 heteroatoms. The Balaban J connectivity index is 1.97. The van der Waals surface area contributed by atoms with Gasteiger partial charge in [0, 0.05) is 29.2 Å². The molecule has 2 aromatic rings. The Labute approximate surface area is 129 Å². The summed E-state index contributed by atoms with van der Waals surface area (Å²) in [5.41, 5.74) is 1.49. The number of rotatable bonds is 3. The molecule has 0 spiro atoms. The van der Waals surface area contributed by atoms with Crippen molar-refractivity contribution in [3.8, 4) is 0 Å². The molecule has 1 heterocycles. The molecule has 4 nitrogen and oxygen atoms in total. The van der Waals surface area contributed by atoms with Crippen LogP contribution in [0.4, 0.5) is 4.79 Å². The van der Waals surface area contributed by atoms with E-state index in [-0.39, 0.29) is 0 Å². The Hall–Kier alpha value is -1.94. The van der Waals surface area contributed by atoms with E-state index in [1.54, 1.807) is 0 Å². The van der Waals surface area contributed by atoms with Gasteiger partial charge in [0.1, 0.15) is 5.60 Å². The summed E-state index contributed by atoms with van der Waals surface area (Å²) in [5.74, 6) is 0. The molecule has 1 aromatic carbocycles. The van der Waals surface area contributed by atoms with Crippen LogP contribution in [0.25, 0.3) is 17.0 Å². The van der Waals surface area contributed by atoms with Gasteiger partial charge in [0.15, 0.2) is 0 Å². The highest BCUT2D eigenvalue weighted by atomic mass is 35.5. The smallest absolute Gasteiger partial charge is 0.407 e. The van der Waals surface area contributed by atoms with E-state index in [9.17, 15) is 4.79 Å². The minimum Gasteiger partial charge on any atom is -0.444 e. The molecular weight excluding hydrogens is 288 g/mol. The van der Waals surface area contributed by atoms with Gasteiger partial charge in [-0.25, -0.2) is 4.79 Å². The highest BCUT2D eigenvalue weighted by molar-refractivity contribution is 6.36. The van der Waals surface area contributed by atoms with Crippen LogP contribution in [0.5, 0.6) is 0 Å². The van der Waals surface area contributed by atoms with Gasteiger partial charge in [0.25, 0.3) is 0 Å². The highest BCUT2D eigenvalue weighted by Gasteiger charge is 2.15. The first-order chi connectivity index (χ1) is 9.87. The van der Waals surface area contributed by atoms with Gasteiger partial charge >= 0.3 is 6.09 Å². The van der Waals surface area contributed by atoms with Crippen molar-refractivity contribution in [1.29, 1.82) is 0 Å². The molecular formula is C16H19ClN2O2. The van der Waals surface area contributed by atoms with Crippen LogP contribution in [0.15, 0.2) is 30.5 Å². The average molecular weight is 307 g/mol. The summed E-state index contributed by atoms with van der Waals surface area (Å²) in [6.45, 7) is 5.88. The molecule has 0 aliphatic rings. The molecule has 0 bridgehead atoms. The van der Waals surface area contributed by atoms with E-state index in [1.807, 2.05) is 57.3 Å². The summed E-state index contributed by atoms with van der Waals surface area (Å²) in [6.07, 6.45) is 5.24. The summed E-state index contributed by atoms with van der Waals surface area (Å²) < 4.78 is 5.15. The van der Waals surface area contributed by atoms with Crippen molar-refractivity contribution < 1.29 is 9.53 Å². The third-order valence-corrected chi connectivity index (χ3v) is 3.06. The largest absolute Gasteiger partial charge is 0.444 e. The Kier molecular flexibility index (Phi) is 4.58. The second kappa shape index (κ2) is 6.22. The first-order valence-corrected chi connectivity index (χ1v) is 7.13. The number of fused-ring (bicyclic) bond motifs is 1. The molecule has 21 heavy (non-hydrogen) atoms. The van der Waals surface area contributed by atoms with Crippen molar-refractivity contribution in [3.05, 3.63) is 41.1 Å². The Morgan fingerprint density at radius 2 is 2.19 bits per heavy atom. The van der Waals surface area contributed by atoms with Gasteiger partial charge in [-0.1, -0.05) is 29.8 Å². The van der Waals surface area contributed by atoms with Crippen LogP contribution in [-0.2, 0) is 4.74 Å². The number of H-pyrrole nitrogens is 1. The molecule has 112 valence electrons. The third kappa shape index (κ3) is 4.26. The van der Waals surface area contributed by atoms with Gasteiger partial charge in [0.05, 0.1) is 5.02 Å². The molecule has 0 radical (unpaired) electrons. The van der Waals surface area contributed by atoms with E-state index in [0.29, 0.717) is 11.6 Å². The number of nitrogens with one attached hydrogen (secondary N) is 2. The molecule has 2 N–H and O–H groups in total. The summed E-state index contributed by atoms with van der Waals surface area (Å²) in [4.78, 5) is 14.7. The quantitative estimate of drug-likeness (QED) is 0.885. The SMILES string of the molecule is CC(C)(C)OC(=O)NCC=Cc1c[nH]c2cccc(Cl)c12. The zero-order valence-electron chi connectivity index (χ0n) is 12.4. The number of ether oxygens (including phenoxy) is 1. The first-order valence-electron chi connectivity index (χ1n) is 6.76. The van der Waals surface area contributed by atoms with Gasteiger partial charge in [-0.15, -0.1) is 0 Å². The third-order valence-electron chi connectivity index (χ3n) is 2.75. The number of aromatic amines is 1. The van der Waals surface area contributed by atoms with Crippen LogP contribution in [0.2, 0.25) is 5.02 Å². The number of carbonyl (C=O) groups is 1. The van der Waals surface area contributed by atoms with Crippen LogP contribution < -0.4 is 5.32 Å². The van der Waals surface area contributed by atoms with Crippen molar-refractivity contribution in [3.63, 3.8) is 0 Å². The first kappa shape index (κ1) is 15.4. The fraction of sp³-hybridized carbons (Fsp3) is 0.312. The number of hydrogen-bond donors (Lipinski definition) is 2. The van der Waals surface area contributed by atoms with E-state index in [1.165, 1.54) is 0 Å². The van der Waals surface area contributed by atoms with Crippen molar-refractivity contribution in [2.24, 2.45) is 0 Å². The molecule has 1 aromatic heterocycles. The molecule has 1 amide bonds. The molecule has 0 fully saturated rings. The lowest BCUT2D eigenvalue weighted by atomic mass is 10.1.